The highest BCUT2D eigenvalue weighted by atomic mass is 16.4. The zero-order valence-corrected chi connectivity index (χ0v) is 8.14. The average molecular weight is 209 g/mol. The van der Waals surface area contributed by atoms with Gasteiger partial charge in [-0.15, -0.1) is 0 Å². The minimum atomic E-state index is -1.07. The maximum Gasteiger partial charge on any atom is 0.325 e. The van der Waals surface area contributed by atoms with Crippen molar-refractivity contribution in [2.24, 2.45) is 0 Å². The second-order valence-corrected chi connectivity index (χ2v) is 2.92. The fourth-order valence-corrected chi connectivity index (χ4v) is 0.867. The molecule has 0 bridgehead atoms. The van der Waals surface area contributed by atoms with Crippen LogP contribution in [-0.2, 0) is 9.59 Å². The van der Waals surface area contributed by atoms with Crippen molar-refractivity contribution in [3.05, 3.63) is 30.2 Å². The molecule has 5 heteroatoms. The van der Waals surface area contributed by atoms with Gasteiger partial charge in [0.25, 0.3) is 0 Å². The largest absolute Gasteiger partial charge is 0.480 e. The number of hydrogen-bond acceptors (Lipinski definition) is 3. The molecular weight excluding hydrogens is 198 g/mol. The van der Waals surface area contributed by atoms with E-state index in [1.54, 1.807) is 12.1 Å². The van der Waals surface area contributed by atoms with Crippen LogP contribution in [0.15, 0.2) is 28.9 Å². The van der Waals surface area contributed by atoms with Crippen molar-refractivity contribution in [1.82, 2.24) is 5.32 Å². The number of carbonyl (C=O) groups excluding carboxylic acids is 1. The summed E-state index contributed by atoms with van der Waals surface area (Å²) >= 11 is 0. The van der Waals surface area contributed by atoms with Gasteiger partial charge in [-0.2, -0.15) is 0 Å². The Balaban J connectivity index is 2.46. The van der Waals surface area contributed by atoms with Crippen LogP contribution >= 0.6 is 0 Å². The SMILES string of the molecule is C[C@H](NC(=O)/C=C/c1ccco1)C(=O)O. The van der Waals surface area contributed by atoms with E-state index >= 15 is 0 Å². The van der Waals surface area contributed by atoms with E-state index in [1.165, 1.54) is 25.3 Å². The molecule has 1 amide bonds. The minimum Gasteiger partial charge on any atom is -0.480 e. The predicted molar refractivity (Wildman–Crippen MR) is 53.0 cm³/mol. The van der Waals surface area contributed by atoms with Crippen LogP contribution in [0.4, 0.5) is 0 Å². The number of rotatable bonds is 4. The molecule has 0 saturated carbocycles. The van der Waals surface area contributed by atoms with Crippen LogP contribution < -0.4 is 5.32 Å². The van der Waals surface area contributed by atoms with Gasteiger partial charge in [-0.1, -0.05) is 0 Å². The Morgan fingerprint density at radius 1 is 1.60 bits per heavy atom. The number of carboxylic acids is 1. The van der Waals surface area contributed by atoms with Crippen molar-refractivity contribution in [2.75, 3.05) is 0 Å². The fraction of sp³-hybridized carbons (Fsp3) is 0.200. The molecule has 1 aromatic rings. The molecule has 0 fully saturated rings. The first-order valence-electron chi connectivity index (χ1n) is 4.34. The minimum absolute atomic E-state index is 0.471. The number of amides is 1. The standard InChI is InChI=1S/C10H11NO4/c1-7(10(13)14)11-9(12)5-4-8-3-2-6-15-8/h2-7H,1H3,(H,11,12)(H,13,14)/b5-4+/t7-/m0/s1. The summed E-state index contributed by atoms with van der Waals surface area (Å²) in [6, 6.07) is 2.47. The molecule has 0 aromatic carbocycles. The van der Waals surface area contributed by atoms with Crippen molar-refractivity contribution >= 4 is 18.0 Å². The Morgan fingerprint density at radius 2 is 2.33 bits per heavy atom. The molecule has 0 unspecified atom stereocenters. The lowest BCUT2D eigenvalue weighted by molar-refractivity contribution is -0.140. The molecule has 0 saturated heterocycles. The van der Waals surface area contributed by atoms with Crippen LogP contribution in [0.3, 0.4) is 0 Å². The third-order valence-electron chi connectivity index (χ3n) is 1.67. The summed E-state index contributed by atoms with van der Waals surface area (Å²) in [5, 5.41) is 10.8. The second-order valence-electron chi connectivity index (χ2n) is 2.92. The molecule has 1 rings (SSSR count). The first-order chi connectivity index (χ1) is 7.09. The van der Waals surface area contributed by atoms with E-state index in [9.17, 15) is 9.59 Å². The van der Waals surface area contributed by atoms with Gasteiger partial charge in [0.2, 0.25) is 5.91 Å². The van der Waals surface area contributed by atoms with Crippen molar-refractivity contribution in [2.45, 2.75) is 13.0 Å². The Labute approximate surface area is 86.4 Å². The molecule has 80 valence electrons. The van der Waals surface area contributed by atoms with Crippen LogP contribution in [0, 0.1) is 0 Å². The quantitative estimate of drug-likeness (QED) is 0.721. The lowest BCUT2D eigenvalue weighted by Crippen LogP contribution is -2.37. The van der Waals surface area contributed by atoms with Gasteiger partial charge in [0.15, 0.2) is 0 Å². The maximum atomic E-state index is 11.2. The first kappa shape index (κ1) is 11.0. The van der Waals surface area contributed by atoms with Gasteiger partial charge in [0, 0.05) is 6.08 Å². The summed E-state index contributed by atoms with van der Waals surface area (Å²) in [5.74, 6) is -1.01. The summed E-state index contributed by atoms with van der Waals surface area (Å²) in [4.78, 5) is 21.6. The highest BCUT2D eigenvalue weighted by molar-refractivity contribution is 5.93. The van der Waals surface area contributed by atoms with E-state index in [-0.39, 0.29) is 0 Å². The van der Waals surface area contributed by atoms with Crippen LogP contribution in [0.5, 0.6) is 0 Å². The summed E-state index contributed by atoms with van der Waals surface area (Å²) in [5.41, 5.74) is 0. The molecule has 1 heterocycles. The summed E-state index contributed by atoms with van der Waals surface area (Å²) in [6.45, 7) is 1.39. The van der Waals surface area contributed by atoms with Gasteiger partial charge in [0.1, 0.15) is 11.8 Å². The molecule has 15 heavy (non-hydrogen) atoms. The molecule has 0 radical (unpaired) electrons. The van der Waals surface area contributed by atoms with Crippen molar-refractivity contribution in [3.8, 4) is 0 Å². The number of carbonyl (C=O) groups is 2. The zero-order valence-electron chi connectivity index (χ0n) is 8.14. The Bertz CT molecular complexity index is 367. The van der Waals surface area contributed by atoms with Crippen LogP contribution in [-0.4, -0.2) is 23.0 Å². The van der Waals surface area contributed by atoms with E-state index < -0.39 is 17.9 Å². The summed E-state index contributed by atoms with van der Waals surface area (Å²) in [6.07, 6.45) is 4.17. The summed E-state index contributed by atoms with van der Waals surface area (Å²) < 4.78 is 4.95. The molecule has 5 nitrogen and oxygen atoms in total. The van der Waals surface area contributed by atoms with Crippen LogP contribution in [0.1, 0.15) is 12.7 Å². The number of furan rings is 1. The lowest BCUT2D eigenvalue weighted by Gasteiger charge is -2.05. The predicted octanol–water partition coefficient (Wildman–Crippen LogP) is 0.882. The molecule has 1 atom stereocenters. The van der Waals surface area contributed by atoms with Gasteiger partial charge in [-0.3, -0.25) is 9.59 Å². The highest BCUT2D eigenvalue weighted by Gasteiger charge is 2.11. The smallest absolute Gasteiger partial charge is 0.325 e. The Morgan fingerprint density at radius 3 is 2.87 bits per heavy atom. The third-order valence-corrected chi connectivity index (χ3v) is 1.67. The second kappa shape index (κ2) is 4.99. The summed E-state index contributed by atoms with van der Waals surface area (Å²) in [7, 11) is 0. The Hall–Kier alpha value is -2.04. The molecule has 0 aliphatic rings. The lowest BCUT2D eigenvalue weighted by atomic mass is 10.3. The zero-order chi connectivity index (χ0) is 11.3. The van der Waals surface area contributed by atoms with E-state index in [0.29, 0.717) is 5.76 Å². The number of nitrogens with one attached hydrogen (secondary N) is 1. The average Bonchev–Trinajstić information content (AvgIpc) is 2.66. The number of aliphatic carboxylic acids is 1. The van der Waals surface area contributed by atoms with Crippen molar-refractivity contribution in [3.63, 3.8) is 0 Å². The van der Waals surface area contributed by atoms with Gasteiger partial charge >= 0.3 is 5.97 Å². The molecule has 0 spiro atoms. The molecule has 2 N–H and O–H groups in total. The van der Waals surface area contributed by atoms with Gasteiger partial charge in [-0.05, 0) is 25.1 Å². The fourth-order valence-electron chi connectivity index (χ4n) is 0.867. The topological polar surface area (TPSA) is 79.5 Å². The van der Waals surface area contributed by atoms with Crippen molar-refractivity contribution in [1.29, 1.82) is 0 Å². The third kappa shape index (κ3) is 3.68. The van der Waals surface area contributed by atoms with E-state index in [0.717, 1.165) is 0 Å². The van der Waals surface area contributed by atoms with Crippen LogP contribution in [0.2, 0.25) is 0 Å². The Kier molecular flexibility index (Phi) is 3.68. The highest BCUT2D eigenvalue weighted by Crippen LogP contribution is 2.01. The molecule has 0 aliphatic heterocycles. The number of hydrogen-bond donors (Lipinski definition) is 2. The number of carboxylic acid groups (broad SMARTS) is 1. The van der Waals surface area contributed by atoms with Gasteiger partial charge < -0.3 is 14.8 Å². The normalized spacial score (nSPS) is 12.6. The van der Waals surface area contributed by atoms with Crippen molar-refractivity contribution < 1.29 is 19.1 Å². The molecule has 1 aromatic heterocycles. The molecule has 0 aliphatic carbocycles. The van der Waals surface area contributed by atoms with E-state index in [1.807, 2.05) is 0 Å². The molecular formula is C10H11NO4. The van der Waals surface area contributed by atoms with E-state index in [2.05, 4.69) is 5.32 Å². The first-order valence-corrected chi connectivity index (χ1v) is 4.34. The van der Waals surface area contributed by atoms with Gasteiger partial charge in [-0.25, -0.2) is 0 Å². The monoisotopic (exact) mass is 209 g/mol. The van der Waals surface area contributed by atoms with E-state index in [4.69, 9.17) is 9.52 Å². The van der Waals surface area contributed by atoms with Gasteiger partial charge in [0.05, 0.1) is 6.26 Å². The van der Waals surface area contributed by atoms with Crippen LogP contribution in [0.25, 0.3) is 6.08 Å². The maximum absolute atomic E-state index is 11.2.